The second-order valence-electron chi connectivity index (χ2n) is 4.26. The van der Waals surface area contributed by atoms with E-state index in [4.69, 9.17) is 4.74 Å². The highest BCUT2D eigenvalue weighted by atomic mass is 16.5. The van der Waals surface area contributed by atoms with Crippen LogP contribution in [-0.2, 0) is 4.74 Å². The lowest BCUT2D eigenvalue weighted by atomic mass is 9.80. The molecule has 2 fully saturated rings. The largest absolute Gasteiger partial charge is 0.394 e. The topological polar surface area (TPSA) is 41.5 Å². The third-order valence-electron chi connectivity index (χ3n) is 3.50. The van der Waals surface area contributed by atoms with Gasteiger partial charge in [-0.3, -0.25) is 0 Å². The smallest absolute Gasteiger partial charge is 0.0616 e. The first kappa shape index (κ1) is 9.44. The summed E-state index contributed by atoms with van der Waals surface area (Å²) in [6.07, 6.45) is 4.65. The van der Waals surface area contributed by atoms with Crippen LogP contribution < -0.4 is 5.32 Å². The number of hydrogen-bond acceptors (Lipinski definition) is 3. The van der Waals surface area contributed by atoms with Crippen molar-refractivity contribution in [1.29, 1.82) is 0 Å². The van der Waals surface area contributed by atoms with Crippen LogP contribution in [-0.4, -0.2) is 37.0 Å². The molecule has 2 aliphatic rings. The Morgan fingerprint density at radius 2 is 2.38 bits per heavy atom. The number of nitrogens with one attached hydrogen (secondary N) is 1. The Labute approximate surface area is 79.5 Å². The summed E-state index contributed by atoms with van der Waals surface area (Å²) in [6.45, 7) is 3.05. The normalized spacial score (nSPS) is 40.8. The van der Waals surface area contributed by atoms with E-state index in [0.29, 0.717) is 5.92 Å². The van der Waals surface area contributed by atoms with E-state index in [0.717, 1.165) is 32.6 Å². The Balaban J connectivity index is 2.01. The quantitative estimate of drug-likeness (QED) is 0.659. The lowest BCUT2D eigenvalue weighted by molar-refractivity contribution is -0.00310. The van der Waals surface area contributed by atoms with E-state index in [1.807, 2.05) is 0 Å². The van der Waals surface area contributed by atoms with Gasteiger partial charge in [0.05, 0.1) is 13.2 Å². The Morgan fingerprint density at radius 3 is 2.92 bits per heavy atom. The standard InChI is InChI=1S/C10H19NO2/c12-8-10(4-2-5-11-10)9-3-1-6-13-7-9/h9,11-12H,1-8H2. The average Bonchev–Trinajstić information content (AvgIpc) is 2.69. The molecular weight excluding hydrogens is 166 g/mol. The molecule has 0 radical (unpaired) electrons. The van der Waals surface area contributed by atoms with Crippen LogP contribution in [0, 0.1) is 5.92 Å². The van der Waals surface area contributed by atoms with Gasteiger partial charge in [-0.1, -0.05) is 0 Å². The molecular formula is C10H19NO2. The summed E-state index contributed by atoms with van der Waals surface area (Å²) >= 11 is 0. The number of ether oxygens (including phenoxy) is 1. The number of hydrogen-bond donors (Lipinski definition) is 2. The molecule has 0 aromatic carbocycles. The van der Waals surface area contributed by atoms with Crippen molar-refractivity contribution < 1.29 is 9.84 Å². The van der Waals surface area contributed by atoms with Crippen LogP contribution >= 0.6 is 0 Å². The second kappa shape index (κ2) is 3.95. The van der Waals surface area contributed by atoms with E-state index >= 15 is 0 Å². The maximum atomic E-state index is 9.45. The van der Waals surface area contributed by atoms with Gasteiger partial charge >= 0.3 is 0 Å². The molecule has 3 nitrogen and oxygen atoms in total. The minimum Gasteiger partial charge on any atom is -0.394 e. The van der Waals surface area contributed by atoms with E-state index in [9.17, 15) is 5.11 Å². The average molecular weight is 185 g/mol. The molecule has 2 rings (SSSR count). The second-order valence-corrected chi connectivity index (χ2v) is 4.26. The fourth-order valence-electron chi connectivity index (χ4n) is 2.62. The summed E-state index contributed by atoms with van der Waals surface area (Å²) in [7, 11) is 0. The van der Waals surface area contributed by atoms with Gasteiger partial charge in [-0.2, -0.15) is 0 Å². The first-order valence-electron chi connectivity index (χ1n) is 5.31. The molecule has 0 spiro atoms. The Morgan fingerprint density at radius 1 is 1.46 bits per heavy atom. The van der Waals surface area contributed by atoms with E-state index in [1.54, 1.807) is 0 Å². The minimum atomic E-state index is -0.0135. The lowest BCUT2D eigenvalue weighted by Gasteiger charge is -2.38. The molecule has 0 aromatic rings. The van der Waals surface area contributed by atoms with Crippen LogP contribution in [0.2, 0.25) is 0 Å². The maximum Gasteiger partial charge on any atom is 0.0616 e. The third kappa shape index (κ3) is 1.73. The van der Waals surface area contributed by atoms with Crippen molar-refractivity contribution in [3.8, 4) is 0 Å². The molecule has 13 heavy (non-hydrogen) atoms. The molecule has 0 amide bonds. The molecule has 2 aliphatic heterocycles. The predicted octanol–water partition coefficient (Wildman–Crippen LogP) is 0.527. The van der Waals surface area contributed by atoms with Gasteiger partial charge in [0.1, 0.15) is 0 Å². The first-order valence-corrected chi connectivity index (χ1v) is 5.31. The molecule has 2 heterocycles. The number of aliphatic hydroxyl groups is 1. The summed E-state index contributed by atoms with van der Waals surface area (Å²) < 4.78 is 5.47. The highest BCUT2D eigenvalue weighted by Crippen LogP contribution is 2.32. The van der Waals surface area contributed by atoms with Crippen LogP contribution in [0.1, 0.15) is 25.7 Å². The van der Waals surface area contributed by atoms with Crippen LogP contribution in [0.4, 0.5) is 0 Å². The summed E-state index contributed by atoms with van der Waals surface area (Å²) in [6, 6.07) is 0. The van der Waals surface area contributed by atoms with Crippen molar-refractivity contribution in [3.63, 3.8) is 0 Å². The molecule has 2 atom stereocenters. The monoisotopic (exact) mass is 185 g/mol. The van der Waals surface area contributed by atoms with E-state index in [2.05, 4.69) is 5.32 Å². The van der Waals surface area contributed by atoms with Crippen molar-refractivity contribution >= 4 is 0 Å². The molecule has 0 aliphatic carbocycles. The minimum absolute atomic E-state index is 0.0135. The van der Waals surface area contributed by atoms with Gasteiger partial charge in [-0.25, -0.2) is 0 Å². The molecule has 0 aromatic heterocycles. The Kier molecular flexibility index (Phi) is 2.86. The van der Waals surface area contributed by atoms with Crippen molar-refractivity contribution in [2.45, 2.75) is 31.2 Å². The van der Waals surface area contributed by atoms with Gasteiger partial charge in [0.25, 0.3) is 0 Å². The Hall–Kier alpha value is -0.120. The summed E-state index contributed by atoms with van der Waals surface area (Å²) in [5.41, 5.74) is -0.0135. The SMILES string of the molecule is OCC1(C2CCCOC2)CCCN1. The van der Waals surface area contributed by atoms with Gasteiger partial charge in [0.15, 0.2) is 0 Å². The fraction of sp³-hybridized carbons (Fsp3) is 1.00. The zero-order chi connectivity index (χ0) is 9.15. The van der Waals surface area contributed by atoms with Crippen LogP contribution in [0.3, 0.4) is 0 Å². The van der Waals surface area contributed by atoms with Gasteiger partial charge in [-0.15, -0.1) is 0 Å². The van der Waals surface area contributed by atoms with Crippen molar-refractivity contribution in [3.05, 3.63) is 0 Å². The molecule has 0 bridgehead atoms. The zero-order valence-corrected chi connectivity index (χ0v) is 8.09. The summed E-state index contributed by atoms with van der Waals surface area (Å²) in [4.78, 5) is 0. The van der Waals surface area contributed by atoms with Gasteiger partial charge in [0, 0.05) is 18.1 Å². The molecule has 3 heteroatoms. The fourth-order valence-corrected chi connectivity index (χ4v) is 2.62. The van der Waals surface area contributed by atoms with Crippen molar-refractivity contribution in [2.75, 3.05) is 26.4 Å². The van der Waals surface area contributed by atoms with Gasteiger partial charge in [0.2, 0.25) is 0 Å². The highest BCUT2D eigenvalue weighted by molar-refractivity contribution is 4.98. The summed E-state index contributed by atoms with van der Waals surface area (Å²) in [5.74, 6) is 0.522. The van der Waals surface area contributed by atoms with E-state index < -0.39 is 0 Å². The zero-order valence-electron chi connectivity index (χ0n) is 8.09. The van der Waals surface area contributed by atoms with Crippen LogP contribution in [0.15, 0.2) is 0 Å². The Bertz CT molecular complexity index is 160. The van der Waals surface area contributed by atoms with Crippen molar-refractivity contribution in [1.82, 2.24) is 5.32 Å². The van der Waals surface area contributed by atoms with E-state index in [-0.39, 0.29) is 12.1 Å². The lowest BCUT2D eigenvalue weighted by Crippen LogP contribution is -2.52. The third-order valence-corrected chi connectivity index (χ3v) is 3.50. The van der Waals surface area contributed by atoms with E-state index in [1.165, 1.54) is 12.8 Å². The number of aliphatic hydroxyl groups excluding tert-OH is 1. The first-order chi connectivity index (χ1) is 6.37. The molecule has 0 saturated carbocycles. The molecule has 2 unspecified atom stereocenters. The molecule has 2 saturated heterocycles. The molecule has 76 valence electrons. The van der Waals surface area contributed by atoms with Crippen LogP contribution in [0.25, 0.3) is 0 Å². The number of rotatable bonds is 2. The maximum absolute atomic E-state index is 9.45. The van der Waals surface area contributed by atoms with Gasteiger partial charge < -0.3 is 15.2 Å². The van der Waals surface area contributed by atoms with Gasteiger partial charge in [-0.05, 0) is 32.2 Å². The highest BCUT2D eigenvalue weighted by Gasteiger charge is 2.41. The van der Waals surface area contributed by atoms with Crippen molar-refractivity contribution in [2.24, 2.45) is 5.92 Å². The van der Waals surface area contributed by atoms with Crippen LogP contribution in [0.5, 0.6) is 0 Å². The summed E-state index contributed by atoms with van der Waals surface area (Å²) in [5, 5.41) is 12.9. The molecule has 2 N–H and O–H groups in total. The predicted molar refractivity (Wildman–Crippen MR) is 50.6 cm³/mol.